The van der Waals surface area contributed by atoms with Gasteiger partial charge in [-0.25, -0.2) is 4.39 Å². The second kappa shape index (κ2) is 7.83. The van der Waals surface area contributed by atoms with Gasteiger partial charge in [-0.2, -0.15) is 13.2 Å². The Hall–Kier alpha value is -2.94. The van der Waals surface area contributed by atoms with Gasteiger partial charge in [-0.3, -0.25) is 14.6 Å². The zero-order chi connectivity index (χ0) is 24.3. The zero-order valence-corrected chi connectivity index (χ0v) is 18.4. The summed E-state index contributed by atoms with van der Waals surface area (Å²) in [6, 6.07) is 5.24. The molecule has 1 aliphatic carbocycles. The minimum atomic E-state index is -4.49. The first-order valence-electron chi connectivity index (χ1n) is 10.2. The average Bonchev–Trinajstić information content (AvgIpc) is 3.10. The van der Waals surface area contributed by atoms with Gasteiger partial charge in [0.05, 0.1) is 21.3 Å². The SMILES string of the molecule is Cc1c(C2C[C@](C)(C(F)(F)F)CC2c2cc(=O)c3c(C(N)=O)nccc3[nH]2)ccc(F)c1Cl. The van der Waals surface area contributed by atoms with E-state index in [0.717, 1.165) is 13.0 Å². The molecule has 1 saturated carbocycles. The maximum atomic E-state index is 14.0. The molecule has 2 aromatic heterocycles. The van der Waals surface area contributed by atoms with Crippen molar-refractivity contribution in [1.82, 2.24) is 9.97 Å². The van der Waals surface area contributed by atoms with Crippen LogP contribution in [0.5, 0.6) is 0 Å². The number of hydrogen-bond acceptors (Lipinski definition) is 3. The van der Waals surface area contributed by atoms with Crippen LogP contribution in [0, 0.1) is 18.2 Å². The van der Waals surface area contributed by atoms with Crippen LogP contribution in [0.1, 0.15) is 58.9 Å². The molecule has 10 heteroatoms. The molecule has 5 nitrogen and oxygen atoms in total. The van der Waals surface area contributed by atoms with E-state index in [0.29, 0.717) is 11.1 Å². The minimum absolute atomic E-state index is 0.0251. The number of amides is 1. The fourth-order valence-corrected chi connectivity index (χ4v) is 5.07. The standard InChI is InChI=1S/C23H20ClF4N3O2/c1-10-11(3-4-14(25)19(10)24)12-8-22(2,23(26,27)28)9-13(12)16-7-17(32)18-15(31-16)5-6-30-20(18)21(29)33/h3-7,12-13H,8-9H2,1-2H3,(H2,29,33)(H,31,32)/t12?,13?,22-/m0/s1. The predicted octanol–water partition coefficient (Wildman–Crippen LogP) is 5.35. The Labute approximate surface area is 191 Å². The quantitative estimate of drug-likeness (QED) is 0.494. The first-order chi connectivity index (χ1) is 15.3. The third-order valence-electron chi connectivity index (χ3n) is 6.69. The van der Waals surface area contributed by atoms with E-state index in [4.69, 9.17) is 17.3 Å². The molecule has 0 saturated heterocycles. The van der Waals surface area contributed by atoms with Crippen LogP contribution in [-0.4, -0.2) is 22.1 Å². The summed E-state index contributed by atoms with van der Waals surface area (Å²) >= 11 is 6.06. The highest BCUT2D eigenvalue weighted by atomic mass is 35.5. The number of fused-ring (bicyclic) bond motifs is 1. The second-order valence-electron chi connectivity index (χ2n) is 8.79. The van der Waals surface area contributed by atoms with Crippen LogP contribution in [0.15, 0.2) is 35.3 Å². The van der Waals surface area contributed by atoms with Gasteiger partial charge in [0.15, 0.2) is 5.43 Å². The van der Waals surface area contributed by atoms with Crippen molar-refractivity contribution in [3.8, 4) is 0 Å². The van der Waals surface area contributed by atoms with Gasteiger partial charge < -0.3 is 10.7 Å². The van der Waals surface area contributed by atoms with E-state index in [-0.39, 0.29) is 40.2 Å². The first kappa shape index (κ1) is 23.2. The highest BCUT2D eigenvalue weighted by Gasteiger charge is 2.58. The minimum Gasteiger partial charge on any atom is -0.364 e. The third-order valence-corrected chi connectivity index (χ3v) is 7.15. The number of benzene rings is 1. The Kier molecular flexibility index (Phi) is 5.51. The third kappa shape index (κ3) is 3.78. The van der Waals surface area contributed by atoms with E-state index in [1.165, 1.54) is 24.4 Å². The van der Waals surface area contributed by atoms with E-state index < -0.39 is 40.6 Å². The van der Waals surface area contributed by atoms with Crippen molar-refractivity contribution in [2.45, 2.75) is 44.7 Å². The molecule has 3 N–H and O–H groups in total. The van der Waals surface area contributed by atoms with E-state index >= 15 is 0 Å². The van der Waals surface area contributed by atoms with Gasteiger partial charge in [0.1, 0.15) is 11.5 Å². The van der Waals surface area contributed by atoms with Crippen molar-refractivity contribution in [3.63, 3.8) is 0 Å². The van der Waals surface area contributed by atoms with Gasteiger partial charge >= 0.3 is 6.18 Å². The van der Waals surface area contributed by atoms with Crippen molar-refractivity contribution >= 4 is 28.4 Å². The van der Waals surface area contributed by atoms with Crippen molar-refractivity contribution in [2.75, 3.05) is 0 Å². The molecule has 0 spiro atoms. The summed E-state index contributed by atoms with van der Waals surface area (Å²) < 4.78 is 56.0. The molecule has 4 rings (SSSR count). The van der Waals surface area contributed by atoms with Crippen molar-refractivity contribution in [1.29, 1.82) is 0 Å². The molecular weight excluding hydrogens is 462 g/mol. The first-order valence-corrected chi connectivity index (χ1v) is 10.5. The lowest BCUT2D eigenvalue weighted by Gasteiger charge is -2.27. The van der Waals surface area contributed by atoms with Crippen LogP contribution < -0.4 is 11.2 Å². The van der Waals surface area contributed by atoms with Crippen LogP contribution in [0.25, 0.3) is 10.9 Å². The number of nitrogens with two attached hydrogens (primary N) is 1. The van der Waals surface area contributed by atoms with Gasteiger partial charge in [-0.1, -0.05) is 24.6 Å². The highest BCUT2D eigenvalue weighted by molar-refractivity contribution is 6.31. The summed E-state index contributed by atoms with van der Waals surface area (Å²) in [7, 11) is 0. The monoisotopic (exact) mass is 481 g/mol. The molecule has 3 atom stereocenters. The fourth-order valence-electron chi connectivity index (χ4n) is 4.90. The summed E-state index contributed by atoms with van der Waals surface area (Å²) in [5.41, 5.74) is 3.87. The molecule has 1 aromatic carbocycles. The average molecular weight is 482 g/mol. The molecule has 1 aliphatic rings. The van der Waals surface area contributed by atoms with Crippen LogP contribution in [0.2, 0.25) is 5.02 Å². The Bertz CT molecular complexity index is 1340. The van der Waals surface area contributed by atoms with Crippen molar-refractivity contribution in [2.24, 2.45) is 11.1 Å². The number of primary amides is 1. The summed E-state index contributed by atoms with van der Waals surface area (Å²) in [4.78, 5) is 31.4. The lowest BCUT2D eigenvalue weighted by atomic mass is 9.83. The summed E-state index contributed by atoms with van der Waals surface area (Å²) in [6.07, 6.45) is -3.74. The van der Waals surface area contributed by atoms with E-state index in [9.17, 15) is 27.2 Å². The molecule has 0 aliphatic heterocycles. The normalized spacial score (nSPS) is 23.2. The van der Waals surface area contributed by atoms with Gasteiger partial charge in [-0.05, 0) is 48.9 Å². The van der Waals surface area contributed by atoms with Crippen molar-refractivity contribution < 1.29 is 22.4 Å². The predicted molar refractivity (Wildman–Crippen MR) is 116 cm³/mol. The molecule has 0 bridgehead atoms. The summed E-state index contributed by atoms with van der Waals surface area (Å²) in [5, 5.41) is -0.168. The van der Waals surface area contributed by atoms with Gasteiger partial charge in [0.2, 0.25) is 0 Å². The van der Waals surface area contributed by atoms with Crippen LogP contribution in [-0.2, 0) is 0 Å². The van der Waals surface area contributed by atoms with Gasteiger partial charge in [0.25, 0.3) is 5.91 Å². The van der Waals surface area contributed by atoms with Crippen LogP contribution in [0.3, 0.4) is 0 Å². The number of aromatic amines is 1. The number of hydrogen-bond donors (Lipinski definition) is 2. The summed E-state index contributed by atoms with van der Waals surface area (Å²) in [6.45, 7) is 2.71. The van der Waals surface area contributed by atoms with Gasteiger partial charge in [-0.15, -0.1) is 0 Å². The number of rotatable bonds is 3. The smallest absolute Gasteiger partial charge is 0.364 e. The number of carbonyl (C=O) groups excluding carboxylic acids is 1. The number of carbonyl (C=O) groups is 1. The number of nitrogens with one attached hydrogen (secondary N) is 1. The lowest BCUT2D eigenvalue weighted by molar-refractivity contribution is -0.216. The van der Waals surface area contributed by atoms with E-state index in [1.807, 2.05) is 0 Å². The van der Waals surface area contributed by atoms with Gasteiger partial charge in [0, 0.05) is 23.9 Å². The number of alkyl halides is 3. The number of pyridine rings is 2. The molecule has 2 unspecified atom stereocenters. The number of aromatic nitrogens is 2. The maximum absolute atomic E-state index is 14.0. The molecule has 3 aromatic rings. The maximum Gasteiger partial charge on any atom is 0.394 e. The fraction of sp³-hybridized carbons (Fsp3) is 0.348. The molecule has 174 valence electrons. The van der Waals surface area contributed by atoms with E-state index in [2.05, 4.69) is 9.97 Å². The topological polar surface area (TPSA) is 88.8 Å². The van der Waals surface area contributed by atoms with E-state index in [1.54, 1.807) is 6.92 Å². The zero-order valence-electron chi connectivity index (χ0n) is 17.7. The molecule has 33 heavy (non-hydrogen) atoms. The molecule has 1 fully saturated rings. The molecule has 2 heterocycles. The largest absolute Gasteiger partial charge is 0.394 e. The number of halogens is 5. The molecular formula is C23H20ClF4N3O2. The van der Waals surface area contributed by atoms with Crippen molar-refractivity contribution in [3.05, 3.63) is 74.0 Å². The number of H-pyrrole nitrogens is 1. The summed E-state index contributed by atoms with van der Waals surface area (Å²) in [5.74, 6) is -2.96. The Morgan fingerprint density at radius 1 is 1.24 bits per heavy atom. The Morgan fingerprint density at radius 3 is 2.55 bits per heavy atom. The lowest BCUT2D eigenvalue weighted by Crippen LogP contribution is -2.32. The highest BCUT2D eigenvalue weighted by Crippen LogP contribution is 2.61. The number of nitrogens with zero attached hydrogens (tertiary/aromatic N) is 1. The second-order valence-corrected chi connectivity index (χ2v) is 9.17. The Morgan fingerprint density at radius 2 is 1.91 bits per heavy atom. The Balaban J connectivity index is 1.92. The van der Waals surface area contributed by atoms with Crippen LogP contribution >= 0.6 is 11.6 Å². The molecule has 1 amide bonds. The van der Waals surface area contributed by atoms with Crippen LogP contribution in [0.4, 0.5) is 17.6 Å². The molecule has 0 radical (unpaired) electrons.